The van der Waals surface area contributed by atoms with Gasteiger partial charge in [0.15, 0.2) is 0 Å². The highest BCUT2D eigenvalue weighted by Gasteiger charge is 2.21. The Kier molecular flexibility index (Phi) is 3.55. The van der Waals surface area contributed by atoms with Crippen LogP contribution in [0.25, 0.3) is 0 Å². The van der Waals surface area contributed by atoms with Crippen molar-refractivity contribution in [1.29, 1.82) is 0 Å². The molecule has 19 heavy (non-hydrogen) atoms. The van der Waals surface area contributed by atoms with Gasteiger partial charge in [-0.3, -0.25) is 4.72 Å². The van der Waals surface area contributed by atoms with Gasteiger partial charge in [-0.15, -0.1) is 0 Å². The molecule has 0 saturated carbocycles. The van der Waals surface area contributed by atoms with Crippen molar-refractivity contribution in [3.8, 4) is 5.75 Å². The van der Waals surface area contributed by atoms with E-state index in [0.29, 0.717) is 0 Å². The van der Waals surface area contributed by atoms with E-state index < -0.39 is 10.0 Å². The standard InChI is InChI=1S/C12H11ClN2O3S/c13-10-5-2-6-11(14)12(10)19(17,18)15-8-3-1-4-9(16)7-8/h1-7,15-16H,14H2. The van der Waals surface area contributed by atoms with Gasteiger partial charge in [0.1, 0.15) is 10.6 Å². The Hall–Kier alpha value is -1.92. The lowest BCUT2D eigenvalue weighted by atomic mass is 10.3. The highest BCUT2D eigenvalue weighted by Crippen LogP contribution is 2.29. The van der Waals surface area contributed by atoms with Crippen LogP contribution in [0.1, 0.15) is 0 Å². The minimum absolute atomic E-state index is 0.0349. The number of nitrogens with two attached hydrogens (primary N) is 1. The first-order valence-electron chi connectivity index (χ1n) is 5.26. The van der Waals surface area contributed by atoms with E-state index in [1.165, 1.54) is 36.4 Å². The molecule has 2 rings (SSSR count). The van der Waals surface area contributed by atoms with Crippen molar-refractivity contribution < 1.29 is 13.5 Å². The molecule has 0 aliphatic carbocycles. The smallest absolute Gasteiger partial charge is 0.265 e. The summed E-state index contributed by atoms with van der Waals surface area (Å²) in [5.41, 5.74) is 5.92. The van der Waals surface area contributed by atoms with Gasteiger partial charge in [-0.05, 0) is 24.3 Å². The molecule has 0 bridgehead atoms. The monoisotopic (exact) mass is 298 g/mol. The molecule has 7 heteroatoms. The molecular weight excluding hydrogens is 288 g/mol. The Labute approximate surface area is 115 Å². The SMILES string of the molecule is Nc1cccc(Cl)c1S(=O)(=O)Nc1cccc(O)c1. The lowest BCUT2D eigenvalue weighted by molar-refractivity contribution is 0.475. The number of hydrogen-bond acceptors (Lipinski definition) is 4. The van der Waals surface area contributed by atoms with Crippen LogP contribution in [0.4, 0.5) is 11.4 Å². The van der Waals surface area contributed by atoms with Gasteiger partial charge in [-0.25, -0.2) is 8.42 Å². The average molecular weight is 299 g/mol. The van der Waals surface area contributed by atoms with Crippen LogP contribution in [0, 0.1) is 0 Å². The highest BCUT2D eigenvalue weighted by molar-refractivity contribution is 7.93. The minimum atomic E-state index is -3.91. The normalized spacial score (nSPS) is 11.2. The van der Waals surface area contributed by atoms with Gasteiger partial charge < -0.3 is 10.8 Å². The molecule has 0 aliphatic heterocycles. The maximum atomic E-state index is 12.2. The van der Waals surface area contributed by atoms with Gasteiger partial charge in [-0.1, -0.05) is 23.7 Å². The number of anilines is 2. The number of sulfonamides is 1. The summed E-state index contributed by atoms with van der Waals surface area (Å²) in [6, 6.07) is 10.2. The lowest BCUT2D eigenvalue weighted by Crippen LogP contribution is -2.15. The summed E-state index contributed by atoms with van der Waals surface area (Å²) in [7, 11) is -3.91. The van der Waals surface area contributed by atoms with E-state index >= 15 is 0 Å². The van der Waals surface area contributed by atoms with Crippen LogP contribution in [-0.2, 0) is 10.0 Å². The molecule has 2 aromatic rings. The van der Waals surface area contributed by atoms with E-state index in [-0.39, 0.29) is 27.0 Å². The van der Waals surface area contributed by atoms with E-state index in [9.17, 15) is 13.5 Å². The average Bonchev–Trinajstić information content (AvgIpc) is 2.27. The Morgan fingerprint density at radius 3 is 2.47 bits per heavy atom. The number of hydrogen-bond donors (Lipinski definition) is 3. The minimum Gasteiger partial charge on any atom is -0.508 e. The van der Waals surface area contributed by atoms with E-state index in [1.807, 2.05) is 0 Å². The summed E-state index contributed by atoms with van der Waals surface area (Å²) in [4.78, 5) is -0.181. The fourth-order valence-corrected chi connectivity index (χ4v) is 3.31. The number of rotatable bonds is 3. The number of nitrogen functional groups attached to an aromatic ring is 1. The van der Waals surface area contributed by atoms with Gasteiger partial charge in [0.05, 0.1) is 16.4 Å². The fraction of sp³-hybridized carbons (Fsp3) is 0. The number of aromatic hydroxyl groups is 1. The summed E-state index contributed by atoms with van der Waals surface area (Å²) in [6.07, 6.45) is 0. The predicted octanol–water partition coefficient (Wildman–Crippen LogP) is 2.43. The second-order valence-electron chi connectivity index (χ2n) is 3.81. The second kappa shape index (κ2) is 4.99. The first-order valence-corrected chi connectivity index (χ1v) is 7.12. The van der Waals surface area contributed by atoms with E-state index in [4.69, 9.17) is 17.3 Å². The van der Waals surface area contributed by atoms with Crippen molar-refractivity contribution >= 4 is 33.0 Å². The van der Waals surface area contributed by atoms with Crippen molar-refractivity contribution in [1.82, 2.24) is 0 Å². The Balaban J connectivity index is 2.44. The summed E-state index contributed by atoms with van der Waals surface area (Å²) in [6.45, 7) is 0. The lowest BCUT2D eigenvalue weighted by Gasteiger charge is -2.11. The molecule has 0 amide bonds. The van der Waals surface area contributed by atoms with Gasteiger partial charge in [0, 0.05) is 6.07 Å². The molecule has 100 valence electrons. The molecule has 0 aromatic heterocycles. The molecule has 0 radical (unpaired) electrons. The van der Waals surface area contributed by atoms with Crippen molar-refractivity contribution in [2.75, 3.05) is 10.5 Å². The summed E-state index contributed by atoms with van der Waals surface area (Å²) in [5, 5.41) is 9.34. The highest BCUT2D eigenvalue weighted by atomic mass is 35.5. The molecule has 4 N–H and O–H groups in total. The van der Waals surface area contributed by atoms with Crippen LogP contribution >= 0.6 is 11.6 Å². The van der Waals surface area contributed by atoms with Gasteiger partial charge in [-0.2, -0.15) is 0 Å². The molecule has 0 aliphatic rings. The molecular formula is C12H11ClN2O3S. The summed E-state index contributed by atoms with van der Waals surface area (Å²) in [5.74, 6) is -0.0488. The van der Waals surface area contributed by atoms with Gasteiger partial charge >= 0.3 is 0 Å². The number of phenolic OH excluding ortho intramolecular Hbond substituents is 1. The molecule has 0 atom stereocenters. The van der Waals surface area contributed by atoms with E-state index in [0.717, 1.165) is 0 Å². The summed E-state index contributed by atoms with van der Waals surface area (Å²) >= 11 is 5.86. The summed E-state index contributed by atoms with van der Waals surface area (Å²) < 4.78 is 26.7. The van der Waals surface area contributed by atoms with Crippen molar-refractivity contribution in [2.45, 2.75) is 4.90 Å². The van der Waals surface area contributed by atoms with Crippen LogP contribution in [0.5, 0.6) is 5.75 Å². The topological polar surface area (TPSA) is 92.4 Å². The van der Waals surface area contributed by atoms with E-state index in [2.05, 4.69) is 4.72 Å². The zero-order valence-corrected chi connectivity index (χ0v) is 11.2. The number of benzene rings is 2. The molecule has 0 saturated heterocycles. The zero-order valence-electron chi connectivity index (χ0n) is 9.67. The van der Waals surface area contributed by atoms with Crippen LogP contribution in [0.3, 0.4) is 0 Å². The van der Waals surface area contributed by atoms with Crippen molar-refractivity contribution in [3.63, 3.8) is 0 Å². The molecule has 0 fully saturated rings. The predicted molar refractivity (Wildman–Crippen MR) is 74.8 cm³/mol. The van der Waals surface area contributed by atoms with Crippen LogP contribution in [0.15, 0.2) is 47.4 Å². The quantitative estimate of drug-likeness (QED) is 0.759. The third-order valence-corrected chi connectivity index (χ3v) is 4.29. The molecule has 0 spiro atoms. The Morgan fingerprint density at radius 2 is 1.84 bits per heavy atom. The first kappa shape index (κ1) is 13.5. The molecule has 0 unspecified atom stereocenters. The number of phenols is 1. The Morgan fingerprint density at radius 1 is 1.16 bits per heavy atom. The van der Waals surface area contributed by atoms with Crippen molar-refractivity contribution in [2.24, 2.45) is 0 Å². The third kappa shape index (κ3) is 2.91. The van der Waals surface area contributed by atoms with E-state index in [1.54, 1.807) is 6.07 Å². The zero-order chi connectivity index (χ0) is 14.0. The molecule has 2 aromatic carbocycles. The largest absolute Gasteiger partial charge is 0.508 e. The fourth-order valence-electron chi connectivity index (χ4n) is 1.58. The number of nitrogens with one attached hydrogen (secondary N) is 1. The third-order valence-electron chi connectivity index (χ3n) is 2.36. The van der Waals surface area contributed by atoms with Crippen LogP contribution in [0.2, 0.25) is 5.02 Å². The van der Waals surface area contributed by atoms with Gasteiger partial charge in [0.2, 0.25) is 0 Å². The molecule has 0 heterocycles. The first-order chi connectivity index (χ1) is 8.90. The second-order valence-corrected chi connectivity index (χ2v) is 5.84. The van der Waals surface area contributed by atoms with Crippen LogP contribution in [-0.4, -0.2) is 13.5 Å². The molecule has 5 nitrogen and oxygen atoms in total. The maximum absolute atomic E-state index is 12.2. The van der Waals surface area contributed by atoms with Gasteiger partial charge in [0.25, 0.3) is 10.0 Å². The van der Waals surface area contributed by atoms with Crippen LogP contribution < -0.4 is 10.5 Å². The number of halogens is 1. The Bertz CT molecular complexity index is 696. The maximum Gasteiger partial charge on any atom is 0.265 e. The van der Waals surface area contributed by atoms with Crippen molar-refractivity contribution in [3.05, 3.63) is 47.5 Å².